The Bertz CT molecular complexity index is 686. The highest BCUT2D eigenvalue weighted by atomic mass is 16.2. The monoisotopic (exact) mass is 356 g/mol. The van der Waals surface area contributed by atoms with Gasteiger partial charge in [0, 0.05) is 44.1 Å². The van der Waals surface area contributed by atoms with Crippen LogP contribution in [0.3, 0.4) is 0 Å². The van der Waals surface area contributed by atoms with E-state index in [2.05, 4.69) is 14.9 Å². The summed E-state index contributed by atoms with van der Waals surface area (Å²) in [5.41, 5.74) is 1.77. The van der Waals surface area contributed by atoms with Crippen molar-refractivity contribution in [2.45, 2.75) is 58.4 Å². The fourth-order valence-corrected chi connectivity index (χ4v) is 4.39. The van der Waals surface area contributed by atoms with Crippen molar-refractivity contribution >= 4 is 11.8 Å². The molecule has 0 radical (unpaired) electrons. The van der Waals surface area contributed by atoms with Crippen LogP contribution in [0.25, 0.3) is 0 Å². The van der Waals surface area contributed by atoms with Gasteiger partial charge in [-0.3, -0.25) is 19.6 Å². The maximum atomic E-state index is 12.6. The van der Waals surface area contributed by atoms with E-state index in [-0.39, 0.29) is 11.3 Å². The van der Waals surface area contributed by atoms with E-state index in [9.17, 15) is 9.59 Å². The molecule has 1 aromatic rings. The molecule has 0 unspecified atom stereocenters. The molecule has 0 aromatic carbocycles. The molecule has 3 heterocycles. The van der Waals surface area contributed by atoms with E-state index in [1.54, 1.807) is 12.4 Å². The van der Waals surface area contributed by atoms with Crippen LogP contribution in [0.5, 0.6) is 0 Å². The van der Waals surface area contributed by atoms with Crippen LogP contribution in [0.1, 0.15) is 56.3 Å². The number of aromatic nitrogens is 2. The molecule has 0 N–H and O–H groups in total. The Kier molecular flexibility index (Phi) is 4.67. The van der Waals surface area contributed by atoms with Crippen LogP contribution in [-0.2, 0) is 16.1 Å². The summed E-state index contributed by atoms with van der Waals surface area (Å²) < 4.78 is 0. The molecule has 2 aliphatic heterocycles. The molecule has 0 bridgehead atoms. The first kappa shape index (κ1) is 17.4. The van der Waals surface area contributed by atoms with Crippen LogP contribution in [0.2, 0.25) is 0 Å². The first-order valence-corrected chi connectivity index (χ1v) is 9.86. The van der Waals surface area contributed by atoms with Gasteiger partial charge in [0.05, 0.1) is 24.1 Å². The van der Waals surface area contributed by atoms with E-state index in [1.165, 1.54) is 12.8 Å². The normalized spacial score (nSPS) is 26.4. The summed E-state index contributed by atoms with van der Waals surface area (Å²) in [6.07, 6.45) is 10.3. The van der Waals surface area contributed by atoms with Crippen LogP contribution in [0.15, 0.2) is 12.4 Å². The molecule has 2 amide bonds. The number of rotatable bonds is 4. The summed E-state index contributed by atoms with van der Waals surface area (Å²) >= 11 is 0. The van der Waals surface area contributed by atoms with Crippen LogP contribution in [-0.4, -0.2) is 51.2 Å². The van der Waals surface area contributed by atoms with Gasteiger partial charge in [-0.25, -0.2) is 0 Å². The number of piperidine rings is 2. The molecule has 1 saturated carbocycles. The van der Waals surface area contributed by atoms with E-state index >= 15 is 0 Å². The molecule has 26 heavy (non-hydrogen) atoms. The number of carbonyl (C=O) groups is 2. The third-order valence-corrected chi connectivity index (χ3v) is 6.11. The molecule has 1 spiro atoms. The maximum Gasteiger partial charge on any atom is 0.222 e. The predicted molar refractivity (Wildman–Crippen MR) is 97.0 cm³/mol. The lowest BCUT2D eigenvalue weighted by Crippen LogP contribution is -2.54. The van der Waals surface area contributed by atoms with Crippen molar-refractivity contribution in [3.8, 4) is 0 Å². The van der Waals surface area contributed by atoms with Gasteiger partial charge in [0.15, 0.2) is 0 Å². The van der Waals surface area contributed by atoms with Crippen molar-refractivity contribution in [1.29, 1.82) is 0 Å². The predicted octanol–water partition coefficient (Wildman–Crippen LogP) is 2.32. The zero-order valence-electron chi connectivity index (χ0n) is 15.6. The number of amides is 2. The Balaban J connectivity index is 1.42. The van der Waals surface area contributed by atoms with E-state index < -0.39 is 0 Å². The second-order valence-electron chi connectivity index (χ2n) is 8.47. The van der Waals surface area contributed by atoms with Gasteiger partial charge in [-0.2, -0.15) is 0 Å². The van der Waals surface area contributed by atoms with Crippen molar-refractivity contribution in [1.82, 2.24) is 19.8 Å². The fourth-order valence-electron chi connectivity index (χ4n) is 4.39. The minimum atomic E-state index is 0.0590. The number of likely N-dealkylation sites (tertiary alicyclic amines) is 2. The van der Waals surface area contributed by atoms with E-state index in [4.69, 9.17) is 0 Å². The van der Waals surface area contributed by atoms with Crippen LogP contribution in [0.4, 0.5) is 0 Å². The number of carbonyl (C=O) groups excluding carboxylic acids is 2. The van der Waals surface area contributed by atoms with Gasteiger partial charge >= 0.3 is 0 Å². The molecular formula is C20H28N4O2. The quantitative estimate of drug-likeness (QED) is 0.830. The topological polar surface area (TPSA) is 66.4 Å². The minimum absolute atomic E-state index is 0.0590. The molecule has 6 heteroatoms. The van der Waals surface area contributed by atoms with Gasteiger partial charge in [-0.15, -0.1) is 0 Å². The number of hydrogen-bond donors (Lipinski definition) is 0. The zero-order valence-corrected chi connectivity index (χ0v) is 15.6. The Morgan fingerprint density at radius 3 is 2.81 bits per heavy atom. The largest absolute Gasteiger partial charge is 0.342 e. The maximum absolute atomic E-state index is 12.6. The number of aryl methyl sites for hydroxylation is 1. The zero-order chi connectivity index (χ0) is 18.1. The highest BCUT2D eigenvalue weighted by Gasteiger charge is 2.43. The van der Waals surface area contributed by atoms with Gasteiger partial charge in [0.1, 0.15) is 0 Å². The van der Waals surface area contributed by atoms with Gasteiger partial charge < -0.3 is 9.80 Å². The van der Waals surface area contributed by atoms with Crippen molar-refractivity contribution in [3.05, 3.63) is 23.8 Å². The molecule has 1 aromatic heterocycles. The van der Waals surface area contributed by atoms with Crippen molar-refractivity contribution in [2.24, 2.45) is 11.3 Å². The van der Waals surface area contributed by atoms with Crippen molar-refractivity contribution < 1.29 is 9.59 Å². The summed E-state index contributed by atoms with van der Waals surface area (Å²) in [6.45, 7) is 4.85. The van der Waals surface area contributed by atoms with Gasteiger partial charge in [-0.05, 0) is 44.9 Å². The van der Waals surface area contributed by atoms with Crippen LogP contribution >= 0.6 is 0 Å². The molecule has 6 nitrogen and oxygen atoms in total. The average molecular weight is 356 g/mol. The highest BCUT2D eigenvalue weighted by Crippen LogP contribution is 2.40. The molecule has 1 aliphatic carbocycles. The summed E-state index contributed by atoms with van der Waals surface area (Å²) in [4.78, 5) is 37.7. The van der Waals surface area contributed by atoms with Crippen molar-refractivity contribution in [3.63, 3.8) is 0 Å². The lowest BCUT2D eigenvalue weighted by molar-refractivity contribution is -0.143. The Morgan fingerprint density at radius 2 is 2.08 bits per heavy atom. The Labute approximate surface area is 155 Å². The summed E-state index contributed by atoms with van der Waals surface area (Å²) in [7, 11) is 0. The first-order chi connectivity index (χ1) is 12.5. The van der Waals surface area contributed by atoms with E-state index in [1.807, 2.05) is 11.8 Å². The van der Waals surface area contributed by atoms with E-state index in [0.717, 1.165) is 56.7 Å². The standard InChI is InChI=1S/C20H28N4O2/c1-15-10-22-17(11-21-15)12-24-14-20(7-5-18(24)25)6-2-8-23(13-20)19(26)9-16-3-4-16/h10-11,16H,2-9,12-14H2,1H3/t20-/m1/s1. The lowest BCUT2D eigenvalue weighted by Gasteiger charge is -2.48. The molecule has 3 fully saturated rings. The van der Waals surface area contributed by atoms with E-state index in [0.29, 0.717) is 24.8 Å². The summed E-state index contributed by atoms with van der Waals surface area (Å²) in [6, 6.07) is 0. The van der Waals surface area contributed by atoms with Gasteiger partial charge in [0.25, 0.3) is 0 Å². The van der Waals surface area contributed by atoms with Gasteiger partial charge in [0.2, 0.25) is 11.8 Å². The Morgan fingerprint density at radius 1 is 1.23 bits per heavy atom. The molecule has 1 atom stereocenters. The first-order valence-electron chi connectivity index (χ1n) is 9.86. The summed E-state index contributed by atoms with van der Waals surface area (Å²) in [5.74, 6) is 1.14. The Hall–Kier alpha value is -1.98. The average Bonchev–Trinajstić information content (AvgIpc) is 3.44. The fraction of sp³-hybridized carbons (Fsp3) is 0.700. The third kappa shape index (κ3) is 3.89. The lowest BCUT2D eigenvalue weighted by atomic mass is 9.73. The summed E-state index contributed by atoms with van der Waals surface area (Å²) in [5, 5.41) is 0. The molecule has 2 saturated heterocycles. The molecule has 3 aliphatic rings. The SMILES string of the molecule is Cc1cnc(CN2C[C@]3(CCCN(C(=O)CC4CC4)C3)CCC2=O)cn1. The van der Waals surface area contributed by atoms with Crippen LogP contribution < -0.4 is 0 Å². The smallest absolute Gasteiger partial charge is 0.222 e. The molecule has 140 valence electrons. The molecular weight excluding hydrogens is 328 g/mol. The van der Waals surface area contributed by atoms with Crippen molar-refractivity contribution in [2.75, 3.05) is 19.6 Å². The number of hydrogen-bond acceptors (Lipinski definition) is 4. The highest BCUT2D eigenvalue weighted by molar-refractivity contribution is 5.78. The van der Waals surface area contributed by atoms with Gasteiger partial charge in [-0.1, -0.05) is 0 Å². The third-order valence-electron chi connectivity index (χ3n) is 6.11. The second kappa shape index (κ2) is 6.97. The molecule has 4 rings (SSSR count). The second-order valence-corrected chi connectivity index (χ2v) is 8.47. The van der Waals surface area contributed by atoms with Crippen LogP contribution in [0, 0.1) is 18.3 Å². The number of nitrogens with zero attached hydrogens (tertiary/aromatic N) is 4. The minimum Gasteiger partial charge on any atom is -0.342 e.